The van der Waals surface area contributed by atoms with E-state index < -0.39 is 0 Å². The third kappa shape index (κ3) is 4.17. The molecule has 0 N–H and O–H groups in total. The summed E-state index contributed by atoms with van der Waals surface area (Å²) in [5.74, 6) is 2.85. The van der Waals surface area contributed by atoms with Crippen molar-refractivity contribution in [3.63, 3.8) is 0 Å². The van der Waals surface area contributed by atoms with Gasteiger partial charge in [0.25, 0.3) is 0 Å². The third-order valence-corrected chi connectivity index (χ3v) is 7.42. The number of fused-ring (bicyclic) bond motifs is 2. The number of ketones is 1. The van der Waals surface area contributed by atoms with E-state index in [9.17, 15) is 4.79 Å². The summed E-state index contributed by atoms with van der Waals surface area (Å²) in [5.41, 5.74) is 3.71. The second kappa shape index (κ2) is 8.34. The van der Waals surface area contributed by atoms with Crippen LogP contribution in [-0.4, -0.2) is 33.5 Å². The minimum Gasteiger partial charge on any atom is -0.356 e. The van der Waals surface area contributed by atoms with Crippen LogP contribution in [0.3, 0.4) is 0 Å². The zero-order chi connectivity index (χ0) is 22.3. The Hall–Kier alpha value is -2.69. The van der Waals surface area contributed by atoms with Gasteiger partial charge >= 0.3 is 0 Å². The van der Waals surface area contributed by atoms with Crippen LogP contribution in [0.5, 0.6) is 0 Å². The van der Waals surface area contributed by atoms with Crippen LogP contribution in [0.15, 0.2) is 42.6 Å². The fraction of sp³-hybridized carbons (Fsp3) is 0.519. The molecule has 5 rings (SSSR count). The van der Waals surface area contributed by atoms with Gasteiger partial charge in [0.05, 0.1) is 18.3 Å². The molecule has 1 aliphatic carbocycles. The second-order valence-corrected chi connectivity index (χ2v) is 10.7. The van der Waals surface area contributed by atoms with E-state index in [1.807, 2.05) is 22.7 Å². The number of anilines is 1. The van der Waals surface area contributed by atoms with E-state index in [1.165, 1.54) is 37.7 Å². The molecule has 1 aliphatic heterocycles. The van der Waals surface area contributed by atoms with Crippen molar-refractivity contribution in [1.82, 2.24) is 14.6 Å². The van der Waals surface area contributed by atoms with E-state index in [1.54, 1.807) is 6.20 Å². The Kier molecular flexibility index (Phi) is 5.52. The summed E-state index contributed by atoms with van der Waals surface area (Å²) in [6.45, 7) is 8.71. The highest BCUT2D eigenvalue weighted by Gasteiger charge is 2.32. The van der Waals surface area contributed by atoms with Gasteiger partial charge in [0.1, 0.15) is 5.82 Å². The SMILES string of the molecule is CC(C)(C)c1ccc(C(=O)Cc2cc(N3CCC4CCCCC4C3)n3nccc3n2)cc1. The summed E-state index contributed by atoms with van der Waals surface area (Å²) in [5, 5.41) is 4.54. The lowest BCUT2D eigenvalue weighted by Gasteiger charge is -2.42. The van der Waals surface area contributed by atoms with Gasteiger partial charge in [0.2, 0.25) is 0 Å². The molecular weight excluding hydrogens is 396 g/mol. The first-order valence-corrected chi connectivity index (χ1v) is 12.1. The molecule has 5 heteroatoms. The number of nitrogens with zero attached hydrogens (tertiary/aromatic N) is 4. The first kappa shape index (κ1) is 21.2. The smallest absolute Gasteiger partial charge is 0.168 e. The molecule has 1 aromatic carbocycles. The van der Waals surface area contributed by atoms with Crippen LogP contribution in [-0.2, 0) is 11.8 Å². The molecule has 2 aliphatic rings. The molecule has 1 saturated heterocycles. The Morgan fingerprint density at radius 1 is 1.03 bits per heavy atom. The number of Topliss-reactive ketones (excluding diaryl/α,β-unsaturated/α-hetero) is 1. The molecule has 2 atom stereocenters. The van der Waals surface area contributed by atoms with Gasteiger partial charge in [-0.15, -0.1) is 0 Å². The van der Waals surface area contributed by atoms with Gasteiger partial charge in [0, 0.05) is 30.8 Å². The third-order valence-electron chi connectivity index (χ3n) is 7.42. The van der Waals surface area contributed by atoms with Gasteiger partial charge in [-0.3, -0.25) is 4.79 Å². The molecule has 0 radical (unpaired) electrons. The molecule has 1 saturated carbocycles. The highest BCUT2D eigenvalue weighted by Crippen LogP contribution is 2.37. The predicted octanol–water partition coefficient (Wildman–Crippen LogP) is 5.47. The standard InChI is InChI=1S/C27H34N4O/c1-27(2,3)22-10-8-20(9-11-22)24(32)16-23-17-26(31-25(29-23)12-14-28-31)30-15-13-19-6-4-5-7-21(19)18-30/h8-12,14,17,19,21H,4-7,13,15-16,18H2,1-3H3. The number of aromatic nitrogens is 3. The van der Waals surface area contributed by atoms with Gasteiger partial charge in [-0.2, -0.15) is 9.61 Å². The van der Waals surface area contributed by atoms with E-state index in [0.717, 1.165) is 47.6 Å². The quantitative estimate of drug-likeness (QED) is 0.515. The van der Waals surface area contributed by atoms with Crippen LogP contribution < -0.4 is 4.90 Å². The highest BCUT2D eigenvalue weighted by molar-refractivity contribution is 5.97. The molecule has 2 aromatic heterocycles. The van der Waals surface area contributed by atoms with E-state index in [2.05, 4.69) is 49.0 Å². The molecule has 32 heavy (non-hydrogen) atoms. The van der Waals surface area contributed by atoms with Gasteiger partial charge < -0.3 is 4.90 Å². The largest absolute Gasteiger partial charge is 0.356 e. The lowest BCUT2D eigenvalue weighted by molar-refractivity contribution is 0.0992. The van der Waals surface area contributed by atoms with Crippen LogP contribution in [0.4, 0.5) is 5.82 Å². The number of hydrogen-bond acceptors (Lipinski definition) is 4. The Morgan fingerprint density at radius 3 is 2.53 bits per heavy atom. The van der Waals surface area contributed by atoms with Crippen LogP contribution in [0.2, 0.25) is 0 Å². The molecule has 3 heterocycles. The monoisotopic (exact) mass is 430 g/mol. The topological polar surface area (TPSA) is 50.5 Å². The van der Waals surface area contributed by atoms with E-state index >= 15 is 0 Å². The number of carbonyl (C=O) groups is 1. The summed E-state index contributed by atoms with van der Waals surface area (Å²) in [6.07, 6.45) is 8.84. The molecule has 0 amide bonds. The van der Waals surface area contributed by atoms with E-state index in [-0.39, 0.29) is 11.2 Å². The van der Waals surface area contributed by atoms with Crippen molar-refractivity contribution in [1.29, 1.82) is 0 Å². The summed E-state index contributed by atoms with van der Waals surface area (Å²) >= 11 is 0. The highest BCUT2D eigenvalue weighted by atomic mass is 16.1. The van der Waals surface area contributed by atoms with E-state index in [4.69, 9.17) is 4.98 Å². The van der Waals surface area contributed by atoms with Crippen molar-refractivity contribution in [3.05, 3.63) is 59.4 Å². The lowest BCUT2D eigenvalue weighted by atomic mass is 9.75. The van der Waals surface area contributed by atoms with Crippen molar-refractivity contribution in [2.45, 2.75) is 64.7 Å². The van der Waals surface area contributed by atoms with E-state index in [0.29, 0.717) is 6.42 Å². The van der Waals surface area contributed by atoms with Crippen LogP contribution in [0, 0.1) is 11.8 Å². The summed E-state index contributed by atoms with van der Waals surface area (Å²) < 4.78 is 1.94. The van der Waals surface area contributed by atoms with Crippen LogP contribution >= 0.6 is 0 Å². The minimum absolute atomic E-state index is 0.0802. The van der Waals surface area contributed by atoms with Gasteiger partial charge in [-0.1, -0.05) is 64.3 Å². The summed E-state index contributed by atoms with van der Waals surface area (Å²) in [4.78, 5) is 20.3. The zero-order valence-corrected chi connectivity index (χ0v) is 19.6. The predicted molar refractivity (Wildman–Crippen MR) is 128 cm³/mol. The normalized spacial score (nSPS) is 21.5. The average Bonchev–Trinajstić information content (AvgIpc) is 3.26. The second-order valence-electron chi connectivity index (χ2n) is 10.7. The minimum atomic E-state index is 0.0802. The molecule has 168 valence electrons. The number of hydrogen-bond donors (Lipinski definition) is 0. The Balaban J connectivity index is 1.39. The number of carbonyl (C=O) groups excluding carboxylic acids is 1. The van der Waals surface area contributed by atoms with Crippen LogP contribution in [0.25, 0.3) is 5.65 Å². The zero-order valence-electron chi connectivity index (χ0n) is 19.6. The Bertz CT molecular complexity index is 1110. The van der Waals surface area contributed by atoms with Gasteiger partial charge in [-0.05, 0) is 35.7 Å². The fourth-order valence-corrected chi connectivity index (χ4v) is 5.49. The van der Waals surface area contributed by atoms with Crippen LogP contribution in [0.1, 0.15) is 74.5 Å². The fourth-order valence-electron chi connectivity index (χ4n) is 5.49. The first-order chi connectivity index (χ1) is 15.4. The molecule has 5 nitrogen and oxygen atoms in total. The number of benzene rings is 1. The molecule has 0 bridgehead atoms. The molecule has 0 spiro atoms. The number of rotatable bonds is 4. The maximum atomic E-state index is 13.0. The Morgan fingerprint density at radius 2 is 1.78 bits per heavy atom. The van der Waals surface area contributed by atoms with Gasteiger partial charge in [-0.25, -0.2) is 4.98 Å². The van der Waals surface area contributed by atoms with Crippen molar-refractivity contribution >= 4 is 17.2 Å². The number of piperidine rings is 1. The summed E-state index contributed by atoms with van der Waals surface area (Å²) in [7, 11) is 0. The van der Waals surface area contributed by atoms with Crippen molar-refractivity contribution in [2.24, 2.45) is 11.8 Å². The lowest BCUT2D eigenvalue weighted by Crippen LogP contribution is -2.42. The van der Waals surface area contributed by atoms with Crippen molar-refractivity contribution < 1.29 is 4.79 Å². The summed E-state index contributed by atoms with van der Waals surface area (Å²) in [6, 6.07) is 12.1. The first-order valence-electron chi connectivity index (χ1n) is 12.1. The molecular formula is C27H34N4O. The van der Waals surface area contributed by atoms with Gasteiger partial charge in [0.15, 0.2) is 11.4 Å². The molecule has 2 unspecified atom stereocenters. The van der Waals surface area contributed by atoms with Crippen molar-refractivity contribution in [3.8, 4) is 0 Å². The Labute approximate surface area is 190 Å². The molecule has 2 fully saturated rings. The maximum absolute atomic E-state index is 13.0. The van der Waals surface area contributed by atoms with Crippen molar-refractivity contribution in [2.75, 3.05) is 18.0 Å². The maximum Gasteiger partial charge on any atom is 0.168 e. The molecule has 3 aromatic rings. The average molecular weight is 431 g/mol.